The standard InChI is InChI=1S/C13H17N5O3.2ClH/c1-7(14-2)5-16-11(19)8-4-9-10(15-6-8)18(3)13(21)17-12(9)20;;/h4,6-7,14H,5H2,1-3H3,(H,16,19)(H,17,20,21);2*1H. The normalized spacial score (nSPS) is 11.3. The van der Waals surface area contributed by atoms with Crippen LogP contribution in [0.4, 0.5) is 0 Å². The molecule has 0 aromatic carbocycles. The third-order valence-corrected chi connectivity index (χ3v) is 3.28. The van der Waals surface area contributed by atoms with Gasteiger partial charge in [-0.3, -0.25) is 19.1 Å². The molecule has 3 N–H and O–H groups in total. The first-order valence-corrected chi connectivity index (χ1v) is 6.48. The van der Waals surface area contributed by atoms with Crippen molar-refractivity contribution in [3.05, 3.63) is 38.7 Å². The first kappa shape index (κ1) is 21.1. The van der Waals surface area contributed by atoms with Gasteiger partial charge in [0.2, 0.25) is 0 Å². The Bertz CT molecular complexity index is 802. The van der Waals surface area contributed by atoms with E-state index in [2.05, 4.69) is 20.6 Å². The zero-order valence-electron chi connectivity index (χ0n) is 12.9. The van der Waals surface area contributed by atoms with Crippen molar-refractivity contribution in [1.29, 1.82) is 0 Å². The number of aryl methyl sites for hydroxylation is 1. The highest BCUT2D eigenvalue weighted by atomic mass is 35.5. The summed E-state index contributed by atoms with van der Waals surface area (Å²) in [6.45, 7) is 2.39. The number of fused-ring (bicyclic) bond motifs is 1. The smallest absolute Gasteiger partial charge is 0.329 e. The van der Waals surface area contributed by atoms with E-state index in [0.717, 1.165) is 0 Å². The molecule has 0 aliphatic rings. The third kappa shape index (κ3) is 4.54. The average molecular weight is 364 g/mol. The summed E-state index contributed by atoms with van der Waals surface area (Å²) in [4.78, 5) is 41.5. The van der Waals surface area contributed by atoms with Gasteiger partial charge in [0, 0.05) is 25.8 Å². The van der Waals surface area contributed by atoms with E-state index in [4.69, 9.17) is 0 Å². The van der Waals surface area contributed by atoms with Crippen molar-refractivity contribution < 1.29 is 4.79 Å². The number of pyridine rings is 1. The van der Waals surface area contributed by atoms with Crippen LogP contribution in [0.25, 0.3) is 11.0 Å². The number of carbonyl (C=O) groups excluding carboxylic acids is 1. The predicted octanol–water partition coefficient (Wildman–Crippen LogP) is -0.197. The van der Waals surface area contributed by atoms with E-state index in [1.807, 2.05) is 6.92 Å². The number of rotatable bonds is 4. The number of nitrogens with zero attached hydrogens (tertiary/aromatic N) is 2. The first-order valence-electron chi connectivity index (χ1n) is 6.48. The van der Waals surface area contributed by atoms with Gasteiger partial charge in [-0.25, -0.2) is 9.78 Å². The summed E-state index contributed by atoms with van der Waals surface area (Å²) in [5.41, 5.74) is -0.585. The van der Waals surface area contributed by atoms with Crippen molar-refractivity contribution in [2.75, 3.05) is 13.6 Å². The maximum atomic E-state index is 12.0. The van der Waals surface area contributed by atoms with Crippen molar-refractivity contribution in [3.63, 3.8) is 0 Å². The van der Waals surface area contributed by atoms with Gasteiger partial charge in [0.25, 0.3) is 11.5 Å². The van der Waals surface area contributed by atoms with Crippen LogP contribution < -0.4 is 21.9 Å². The minimum Gasteiger partial charge on any atom is -0.350 e. The van der Waals surface area contributed by atoms with Gasteiger partial charge in [-0.1, -0.05) is 0 Å². The third-order valence-electron chi connectivity index (χ3n) is 3.28. The van der Waals surface area contributed by atoms with E-state index < -0.39 is 11.2 Å². The lowest BCUT2D eigenvalue weighted by Crippen LogP contribution is -2.37. The molecular formula is C13H19Cl2N5O3. The zero-order chi connectivity index (χ0) is 15.6. The Kier molecular flexibility index (Phi) is 7.94. The highest BCUT2D eigenvalue weighted by Gasteiger charge is 2.12. The van der Waals surface area contributed by atoms with Gasteiger partial charge in [-0.2, -0.15) is 0 Å². The molecule has 0 aliphatic heterocycles. The highest BCUT2D eigenvalue weighted by molar-refractivity contribution is 5.96. The molecule has 23 heavy (non-hydrogen) atoms. The van der Waals surface area contributed by atoms with Crippen LogP contribution in [-0.4, -0.2) is 40.1 Å². The summed E-state index contributed by atoms with van der Waals surface area (Å²) in [6, 6.07) is 1.56. The van der Waals surface area contributed by atoms with Crippen molar-refractivity contribution in [2.24, 2.45) is 7.05 Å². The van der Waals surface area contributed by atoms with Crippen LogP contribution in [-0.2, 0) is 7.05 Å². The molecule has 8 nitrogen and oxygen atoms in total. The SMILES string of the molecule is CNC(C)CNC(=O)c1cnc2c(c1)c(=O)[nH]c(=O)n2C.Cl.Cl. The maximum Gasteiger partial charge on any atom is 0.329 e. The lowest BCUT2D eigenvalue weighted by atomic mass is 10.2. The van der Waals surface area contributed by atoms with Gasteiger partial charge in [-0.05, 0) is 20.0 Å². The van der Waals surface area contributed by atoms with E-state index in [1.54, 1.807) is 7.05 Å². The summed E-state index contributed by atoms with van der Waals surface area (Å²) in [5, 5.41) is 5.94. The molecule has 1 amide bonds. The van der Waals surface area contributed by atoms with Crippen LogP contribution in [0.3, 0.4) is 0 Å². The number of likely N-dealkylation sites (N-methyl/N-ethyl adjacent to an activating group) is 1. The summed E-state index contributed by atoms with van der Waals surface area (Å²) >= 11 is 0. The molecule has 0 spiro atoms. The number of halogens is 2. The van der Waals surface area contributed by atoms with E-state index in [0.29, 0.717) is 6.54 Å². The number of carbonyl (C=O) groups is 1. The van der Waals surface area contributed by atoms with Crippen LogP contribution in [0.5, 0.6) is 0 Å². The van der Waals surface area contributed by atoms with Crippen molar-refractivity contribution in [1.82, 2.24) is 25.2 Å². The van der Waals surface area contributed by atoms with E-state index in [1.165, 1.54) is 23.9 Å². The molecule has 10 heteroatoms. The van der Waals surface area contributed by atoms with Crippen molar-refractivity contribution in [2.45, 2.75) is 13.0 Å². The Hall–Kier alpha value is -1.90. The molecule has 0 radical (unpaired) electrons. The molecule has 2 aromatic rings. The van der Waals surface area contributed by atoms with Crippen LogP contribution in [0.2, 0.25) is 0 Å². The number of hydrogen-bond acceptors (Lipinski definition) is 5. The zero-order valence-corrected chi connectivity index (χ0v) is 14.5. The molecule has 1 atom stereocenters. The van der Waals surface area contributed by atoms with Crippen LogP contribution in [0.1, 0.15) is 17.3 Å². The number of H-pyrrole nitrogens is 1. The number of aromatic nitrogens is 3. The topological polar surface area (TPSA) is 109 Å². The molecule has 128 valence electrons. The number of hydrogen-bond donors (Lipinski definition) is 3. The quantitative estimate of drug-likeness (QED) is 0.697. The fraction of sp³-hybridized carbons (Fsp3) is 0.385. The first-order chi connectivity index (χ1) is 9.93. The summed E-state index contributed by atoms with van der Waals surface area (Å²) < 4.78 is 1.22. The summed E-state index contributed by atoms with van der Waals surface area (Å²) in [6.07, 6.45) is 1.35. The van der Waals surface area contributed by atoms with Gasteiger partial charge in [-0.15, -0.1) is 24.8 Å². The number of amides is 1. The number of nitrogens with one attached hydrogen (secondary N) is 3. The molecule has 1 unspecified atom stereocenters. The summed E-state index contributed by atoms with van der Waals surface area (Å²) in [7, 11) is 3.30. The predicted molar refractivity (Wildman–Crippen MR) is 93.0 cm³/mol. The van der Waals surface area contributed by atoms with Crippen LogP contribution in [0, 0.1) is 0 Å². The Balaban J connectivity index is 0.00000242. The van der Waals surface area contributed by atoms with Gasteiger partial charge >= 0.3 is 5.69 Å². The van der Waals surface area contributed by atoms with Gasteiger partial charge < -0.3 is 10.6 Å². The largest absolute Gasteiger partial charge is 0.350 e. The second-order valence-corrected chi connectivity index (χ2v) is 4.81. The fourth-order valence-corrected chi connectivity index (χ4v) is 1.81. The van der Waals surface area contributed by atoms with E-state index in [9.17, 15) is 14.4 Å². The van der Waals surface area contributed by atoms with Gasteiger partial charge in [0.15, 0.2) is 0 Å². The Morgan fingerprint density at radius 1 is 1.39 bits per heavy atom. The van der Waals surface area contributed by atoms with Gasteiger partial charge in [0.05, 0.1) is 10.9 Å². The average Bonchev–Trinajstić information content (AvgIpc) is 2.49. The Morgan fingerprint density at radius 3 is 2.65 bits per heavy atom. The number of aromatic amines is 1. The molecule has 0 saturated carbocycles. The molecule has 0 saturated heterocycles. The lowest BCUT2D eigenvalue weighted by molar-refractivity contribution is 0.0950. The minimum absolute atomic E-state index is 0. The second kappa shape index (κ2) is 8.66. The van der Waals surface area contributed by atoms with Crippen molar-refractivity contribution in [3.8, 4) is 0 Å². The molecule has 0 fully saturated rings. The molecule has 2 rings (SSSR count). The Morgan fingerprint density at radius 2 is 2.04 bits per heavy atom. The molecular weight excluding hydrogens is 345 g/mol. The van der Waals surface area contributed by atoms with Crippen LogP contribution in [0.15, 0.2) is 21.9 Å². The van der Waals surface area contributed by atoms with E-state index >= 15 is 0 Å². The minimum atomic E-state index is -0.557. The summed E-state index contributed by atoms with van der Waals surface area (Å²) in [5.74, 6) is -0.320. The maximum absolute atomic E-state index is 12.0. The van der Waals surface area contributed by atoms with E-state index in [-0.39, 0.29) is 53.4 Å². The molecule has 0 bridgehead atoms. The second-order valence-electron chi connectivity index (χ2n) is 4.81. The van der Waals surface area contributed by atoms with Crippen molar-refractivity contribution >= 4 is 41.8 Å². The molecule has 0 aliphatic carbocycles. The molecule has 2 aromatic heterocycles. The highest BCUT2D eigenvalue weighted by Crippen LogP contribution is 2.06. The monoisotopic (exact) mass is 363 g/mol. The Labute approximate surface area is 144 Å². The lowest BCUT2D eigenvalue weighted by Gasteiger charge is -2.11. The molecule has 2 heterocycles. The fourth-order valence-electron chi connectivity index (χ4n) is 1.81. The van der Waals surface area contributed by atoms with Crippen LogP contribution >= 0.6 is 24.8 Å². The van der Waals surface area contributed by atoms with Gasteiger partial charge in [0.1, 0.15) is 5.65 Å².